The van der Waals surface area contributed by atoms with Crippen molar-refractivity contribution in [2.45, 2.75) is 56.9 Å². The van der Waals surface area contributed by atoms with Gasteiger partial charge in [0.05, 0.1) is 0 Å². The fourth-order valence-corrected chi connectivity index (χ4v) is 4.36. The number of carboxylic acid groups (broad SMARTS) is 1. The summed E-state index contributed by atoms with van der Waals surface area (Å²) in [4.78, 5) is 20.6. The second-order valence-corrected chi connectivity index (χ2v) is 8.48. The highest BCUT2D eigenvalue weighted by Crippen LogP contribution is 2.39. The number of halogens is 2. The largest absolute Gasteiger partial charge is 0.480 e. The lowest BCUT2D eigenvalue weighted by Crippen LogP contribution is -2.34. The van der Waals surface area contributed by atoms with Gasteiger partial charge in [-0.2, -0.15) is 0 Å². The SMILES string of the molecule is CCCC(CC)(Sc1nc(Cl)cc(Nc2ccc(Cl)c(C)c2C)n1)C(=O)O. The molecule has 0 aliphatic heterocycles. The Bertz CT molecular complexity index is 848. The van der Waals surface area contributed by atoms with E-state index in [1.807, 2.05) is 39.8 Å². The molecule has 1 aromatic carbocycles. The Kier molecular flexibility index (Phi) is 7.37. The number of carbonyl (C=O) groups is 1. The van der Waals surface area contributed by atoms with Gasteiger partial charge in [0.15, 0.2) is 5.16 Å². The van der Waals surface area contributed by atoms with Gasteiger partial charge in [-0.1, -0.05) is 55.2 Å². The quantitative estimate of drug-likeness (QED) is 0.293. The van der Waals surface area contributed by atoms with Gasteiger partial charge in [-0.3, -0.25) is 4.79 Å². The maximum absolute atomic E-state index is 11.9. The van der Waals surface area contributed by atoms with Gasteiger partial charge in [0, 0.05) is 16.8 Å². The first-order chi connectivity index (χ1) is 12.7. The molecular weight excluding hydrogens is 405 g/mol. The summed E-state index contributed by atoms with van der Waals surface area (Å²) in [6, 6.07) is 5.31. The number of aliphatic carboxylic acids is 1. The number of benzene rings is 1. The standard InChI is InChI=1S/C19H23Cl2N3O2S/c1-5-9-19(6-2,17(25)26)27-18-23-15(21)10-16(24-18)22-14-8-7-13(20)11(3)12(14)4/h7-8,10H,5-6,9H2,1-4H3,(H,25,26)(H,22,23,24). The normalized spacial score (nSPS) is 13.3. The first-order valence-electron chi connectivity index (χ1n) is 8.72. The number of hydrogen-bond donors (Lipinski definition) is 2. The molecular formula is C19H23Cl2N3O2S. The van der Waals surface area contributed by atoms with Crippen molar-refractivity contribution >= 4 is 52.4 Å². The molecule has 146 valence electrons. The topological polar surface area (TPSA) is 75.1 Å². The van der Waals surface area contributed by atoms with E-state index >= 15 is 0 Å². The van der Waals surface area contributed by atoms with Crippen LogP contribution in [0.15, 0.2) is 23.4 Å². The number of aromatic nitrogens is 2. The van der Waals surface area contributed by atoms with E-state index in [-0.39, 0.29) is 5.15 Å². The zero-order valence-electron chi connectivity index (χ0n) is 15.8. The van der Waals surface area contributed by atoms with Crippen molar-refractivity contribution in [3.8, 4) is 0 Å². The minimum absolute atomic E-state index is 0.255. The summed E-state index contributed by atoms with van der Waals surface area (Å²) in [6.07, 6.45) is 1.74. The van der Waals surface area contributed by atoms with E-state index in [1.165, 1.54) is 0 Å². The van der Waals surface area contributed by atoms with Crippen molar-refractivity contribution in [1.29, 1.82) is 0 Å². The molecule has 1 unspecified atom stereocenters. The maximum atomic E-state index is 11.9. The van der Waals surface area contributed by atoms with Gasteiger partial charge in [0.2, 0.25) is 0 Å². The highest BCUT2D eigenvalue weighted by atomic mass is 35.5. The number of anilines is 2. The molecule has 2 N–H and O–H groups in total. The van der Waals surface area contributed by atoms with Crippen LogP contribution in [0, 0.1) is 13.8 Å². The Labute approximate surface area is 173 Å². The molecule has 0 spiro atoms. The molecule has 8 heteroatoms. The summed E-state index contributed by atoms with van der Waals surface area (Å²) in [6.45, 7) is 7.74. The second kappa shape index (κ2) is 9.13. The number of nitrogens with zero attached hydrogens (tertiary/aromatic N) is 2. The smallest absolute Gasteiger partial charge is 0.320 e. The molecule has 5 nitrogen and oxygen atoms in total. The third kappa shape index (κ3) is 5.06. The fourth-order valence-electron chi connectivity index (χ4n) is 2.75. The highest BCUT2D eigenvalue weighted by Gasteiger charge is 2.38. The Morgan fingerprint density at radius 3 is 2.52 bits per heavy atom. The first-order valence-corrected chi connectivity index (χ1v) is 10.3. The summed E-state index contributed by atoms with van der Waals surface area (Å²) in [5, 5.41) is 14.3. The molecule has 2 aromatic rings. The molecule has 0 amide bonds. The van der Waals surface area contributed by atoms with Gasteiger partial charge in [-0.05, 0) is 49.9 Å². The zero-order valence-corrected chi connectivity index (χ0v) is 18.1. The number of carboxylic acids is 1. The van der Waals surface area contributed by atoms with Crippen molar-refractivity contribution in [3.05, 3.63) is 39.5 Å². The lowest BCUT2D eigenvalue weighted by molar-refractivity contribution is -0.140. The van der Waals surface area contributed by atoms with E-state index in [0.717, 1.165) is 35.0 Å². The molecule has 1 aromatic heterocycles. The van der Waals surface area contributed by atoms with E-state index in [2.05, 4.69) is 15.3 Å². The van der Waals surface area contributed by atoms with Crippen molar-refractivity contribution in [2.75, 3.05) is 5.32 Å². The van der Waals surface area contributed by atoms with E-state index in [4.69, 9.17) is 23.2 Å². The zero-order chi connectivity index (χ0) is 20.2. The Hall–Kier alpha value is -1.50. The van der Waals surface area contributed by atoms with E-state index < -0.39 is 10.7 Å². The molecule has 0 radical (unpaired) electrons. The van der Waals surface area contributed by atoms with Crippen molar-refractivity contribution in [1.82, 2.24) is 9.97 Å². The van der Waals surface area contributed by atoms with Crippen LogP contribution in [0.4, 0.5) is 11.5 Å². The van der Waals surface area contributed by atoms with Crippen LogP contribution in [-0.4, -0.2) is 25.8 Å². The Morgan fingerprint density at radius 2 is 1.93 bits per heavy atom. The minimum atomic E-state index is -0.969. The van der Waals surface area contributed by atoms with Crippen LogP contribution in [0.25, 0.3) is 0 Å². The summed E-state index contributed by atoms with van der Waals surface area (Å²) in [5.74, 6) is -0.353. The summed E-state index contributed by atoms with van der Waals surface area (Å²) in [5.41, 5.74) is 2.84. The molecule has 2 rings (SSSR count). The van der Waals surface area contributed by atoms with Crippen LogP contribution in [0.5, 0.6) is 0 Å². The van der Waals surface area contributed by atoms with E-state index in [1.54, 1.807) is 6.07 Å². The minimum Gasteiger partial charge on any atom is -0.480 e. The number of nitrogens with one attached hydrogen (secondary N) is 1. The maximum Gasteiger partial charge on any atom is 0.320 e. The first kappa shape index (κ1) is 21.8. The molecule has 0 bridgehead atoms. The molecule has 0 aliphatic rings. The number of hydrogen-bond acceptors (Lipinski definition) is 5. The molecule has 27 heavy (non-hydrogen) atoms. The summed E-state index contributed by atoms with van der Waals surface area (Å²) in [7, 11) is 0. The van der Waals surface area contributed by atoms with Crippen molar-refractivity contribution in [2.24, 2.45) is 0 Å². The lowest BCUT2D eigenvalue weighted by atomic mass is 10.00. The fraction of sp³-hybridized carbons (Fsp3) is 0.421. The predicted octanol–water partition coefficient (Wildman–Crippen LogP) is 6.27. The lowest BCUT2D eigenvalue weighted by Gasteiger charge is -2.26. The average Bonchev–Trinajstić information content (AvgIpc) is 2.61. The van der Waals surface area contributed by atoms with Gasteiger partial charge < -0.3 is 10.4 Å². The van der Waals surface area contributed by atoms with Crippen LogP contribution in [-0.2, 0) is 4.79 Å². The van der Waals surface area contributed by atoms with Gasteiger partial charge in [-0.25, -0.2) is 9.97 Å². The van der Waals surface area contributed by atoms with Crippen molar-refractivity contribution in [3.63, 3.8) is 0 Å². The van der Waals surface area contributed by atoms with Crippen LogP contribution >= 0.6 is 35.0 Å². The third-order valence-corrected chi connectivity index (χ3v) is 6.59. The molecule has 0 aliphatic carbocycles. The van der Waals surface area contributed by atoms with Crippen LogP contribution in [0.1, 0.15) is 44.2 Å². The Morgan fingerprint density at radius 1 is 1.22 bits per heavy atom. The monoisotopic (exact) mass is 427 g/mol. The van der Waals surface area contributed by atoms with Gasteiger partial charge >= 0.3 is 5.97 Å². The second-order valence-electron chi connectivity index (χ2n) is 6.33. The van der Waals surface area contributed by atoms with Crippen molar-refractivity contribution < 1.29 is 9.90 Å². The third-order valence-electron chi connectivity index (χ3n) is 4.56. The molecule has 0 fully saturated rings. The summed E-state index contributed by atoms with van der Waals surface area (Å²) < 4.78 is -0.969. The van der Waals surface area contributed by atoms with Crippen LogP contribution < -0.4 is 5.32 Å². The van der Waals surface area contributed by atoms with Gasteiger partial charge in [-0.15, -0.1) is 0 Å². The van der Waals surface area contributed by atoms with Crippen LogP contribution in [0.3, 0.4) is 0 Å². The molecule has 1 atom stereocenters. The summed E-state index contributed by atoms with van der Waals surface area (Å²) >= 11 is 13.5. The predicted molar refractivity (Wildman–Crippen MR) is 113 cm³/mol. The van der Waals surface area contributed by atoms with Gasteiger partial charge in [0.1, 0.15) is 15.7 Å². The van der Waals surface area contributed by atoms with Crippen LogP contribution in [0.2, 0.25) is 10.2 Å². The van der Waals surface area contributed by atoms with Gasteiger partial charge in [0.25, 0.3) is 0 Å². The molecule has 0 saturated heterocycles. The van der Waals surface area contributed by atoms with E-state index in [9.17, 15) is 9.90 Å². The highest BCUT2D eigenvalue weighted by molar-refractivity contribution is 8.01. The number of thioether (sulfide) groups is 1. The average molecular weight is 428 g/mol. The number of rotatable bonds is 8. The van der Waals surface area contributed by atoms with E-state index in [0.29, 0.717) is 28.8 Å². The molecule has 0 saturated carbocycles. The molecule has 1 heterocycles. The Balaban J connectivity index is 2.36.